The number of hydrogen-bond acceptors (Lipinski definition) is 11. The van der Waals surface area contributed by atoms with Gasteiger partial charge in [0.25, 0.3) is 11.8 Å². The molecule has 0 aliphatic carbocycles. The van der Waals surface area contributed by atoms with Crippen LogP contribution in [0.25, 0.3) is 6.08 Å². The number of ether oxygens (including phenoxy) is 1. The van der Waals surface area contributed by atoms with E-state index < -0.39 is 41.3 Å². The second kappa shape index (κ2) is 12.4. The molecule has 5 rings (SSSR count). The number of nitrogens with one attached hydrogen (secondary N) is 1. The number of aromatic nitrogens is 2. The third-order valence-corrected chi connectivity index (χ3v) is 10.2. The van der Waals surface area contributed by atoms with E-state index in [1.807, 2.05) is 37.3 Å². The van der Waals surface area contributed by atoms with Crippen molar-refractivity contribution in [3.05, 3.63) is 80.6 Å². The minimum absolute atomic E-state index is 0.0692. The molecule has 0 spiro atoms. The van der Waals surface area contributed by atoms with E-state index in [0.29, 0.717) is 22.0 Å². The SMILES string of the molecule is Cc1nnc(SCC2=C(C(=O)O)N3C(=O)C(NC(=O)C(OC(=O)/C=C/c4ccccc4)c4cccs4)[C@H]3SC2)s1. The Labute approximate surface area is 245 Å². The maximum Gasteiger partial charge on any atom is 0.352 e. The maximum atomic E-state index is 13.3. The number of amides is 2. The lowest BCUT2D eigenvalue weighted by Gasteiger charge is -2.49. The van der Waals surface area contributed by atoms with Gasteiger partial charge in [0, 0.05) is 17.6 Å². The third kappa shape index (κ3) is 6.14. The zero-order chi connectivity index (χ0) is 28.2. The molecule has 1 aromatic carbocycles. The minimum Gasteiger partial charge on any atom is -0.477 e. The first-order chi connectivity index (χ1) is 19.3. The van der Waals surface area contributed by atoms with Crippen LogP contribution in [0, 0.1) is 6.92 Å². The number of aryl methyl sites for hydroxylation is 1. The summed E-state index contributed by atoms with van der Waals surface area (Å²) in [7, 11) is 0. The summed E-state index contributed by atoms with van der Waals surface area (Å²) in [6, 6.07) is 11.6. The fraction of sp³-hybridized carbons (Fsp3) is 0.231. The lowest BCUT2D eigenvalue weighted by molar-refractivity contribution is -0.156. The van der Waals surface area contributed by atoms with Gasteiger partial charge in [0.05, 0.1) is 4.88 Å². The molecule has 1 fully saturated rings. The second-order valence-corrected chi connectivity index (χ2v) is 13.1. The smallest absolute Gasteiger partial charge is 0.352 e. The Kier molecular flexibility index (Phi) is 8.69. The highest BCUT2D eigenvalue weighted by Crippen LogP contribution is 2.42. The van der Waals surface area contributed by atoms with Gasteiger partial charge in [-0.2, -0.15) is 0 Å². The maximum absolute atomic E-state index is 13.3. The largest absolute Gasteiger partial charge is 0.477 e. The standard InChI is InChI=1S/C26H22N4O6S4/c1-14-28-29-26(40-14)39-13-16-12-38-24-19(23(33)30(24)20(16)25(34)35)27-22(32)21(17-8-5-11-37-17)36-18(31)10-9-15-6-3-2-4-7-15/h2-11,19,21,24H,12-13H2,1H3,(H,27,32)(H,34,35)/b10-9+/t19?,21?,24-/m1/s1. The quantitative estimate of drug-likeness (QED) is 0.150. The van der Waals surface area contributed by atoms with Crippen LogP contribution in [0.15, 0.2) is 69.5 Å². The predicted octanol–water partition coefficient (Wildman–Crippen LogP) is 3.74. The first kappa shape index (κ1) is 28.1. The van der Waals surface area contributed by atoms with E-state index in [1.54, 1.807) is 23.6 Å². The van der Waals surface area contributed by atoms with E-state index in [4.69, 9.17) is 4.74 Å². The highest BCUT2D eigenvalue weighted by molar-refractivity contribution is 8.01. The second-order valence-electron chi connectivity index (χ2n) is 8.61. The number of rotatable bonds is 10. The van der Waals surface area contributed by atoms with Crippen LogP contribution in [0.1, 0.15) is 21.6 Å². The molecule has 0 radical (unpaired) electrons. The number of thioether (sulfide) groups is 2. The highest BCUT2D eigenvalue weighted by Gasteiger charge is 2.54. The molecule has 3 atom stereocenters. The summed E-state index contributed by atoms with van der Waals surface area (Å²) < 4.78 is 6.21. The number of carbonyl (C=O) groups is 4. The third-order valence-electron chi connectivity index (χ3n) is 5.91. The number of aliphatic carboxylic acids is 1. The number of carboxylic acids is 1. The van der Waals surface area contributed by atoms with Crippen molar-refractivity contribution in [2.45, 2.75) is 28.8 Å². The van der Waals surface area contributed by atoms with Gasteiger partial charge in [0.2, 0.25) is 6.10 Å². The monoisotopic (exact) mass is 614 g/mol. The minimum atomic E-state index is -1.26. The molecular weight excluding hydrogens is 593 g/mol. The van der Waals surface area contributed by atoms with Gasteiger partial charge in [0.15, 0.2) is 4.34 Å². The molecule has 2 aromatic heterocycles. The lowest BCUT2D eigenvalue weighted by Crippen LogP contribution is -2.71. The molecule has 4 heterocycles. The number of thiophene rings is 1. The zero-order valence-corrected chi connectivity index (χ0v) is 24.1. The summed E-state index contributed by atoms with van der Waals surface area (Å²) in [5.41, 5.74) is 1.32. The van der Waals surface area contributed by atoms with E-state index in [1.165, 1.54) is 57.2 Å². The zero-order valence-electron chi connectivity index (χ0n) is 20.9. The number of carbonyl (C=O) groups excluding carboxylic acids is 3. The van der Waals surface area contributed by atoms with E-state index in [9.17, 15) is 24.3 Å². The van der Waals surface area contributed by atoms with Crippen molar-refractivity contribution in [2.24, 2.45) is 0 Å². The molecule has 14 heteroatoms. The summed E-state index contributed by atoms with van der Waals surface area (Å²) in [5, 5.41) is 22.6. The molecule has 10 nitrogen and oxygen atoms in total. The Morgan fingerprint density at radius 2 is 2.02 bits per heavy atom. The Balaban J connectivity index is 1.27. The van der Waals surface area contributed by atoms with Crippen LogP contribution < -0.4 is 5.32 Å². The van der Waals surface area contributed by atoms with Crippen LogP contribution in [-0.4, -0.2) is 66.9 Å². The molecule has 40 heavy (non-hydrogen) atoms. The predicted molar refractivity (Wildman–Crippen MR) is 154 cm³/mol. The van der Waals surface area contributed by atoms with E-state index in [2.05, 4.69) is 15.5 Å². The number of esters is 1. The summed E-state index contributed by atoms with van der Waals surface area (Å²) in [4.78, 5) is 52.8. The van der Waals surface area contributed by atoms with Crippen LogP contribution >= 0.6 is 46.2 Å². The number of fused-ring (bicyclic) bond motifs is 1. The van der Waals surface area contributed by atoms with Crippen molar-refractivity contribution < 1.29 is 29.0 Å². The Hall–Kier alpha value is -3.46. The first-order valence-corrected chi connectivity index (χ1v) is 15.7. The Morgan fingerprint density at radius 1 is 1.23 bits per heavy atom. The highest BCUT2D eigenvalue weighted by atomic mass is 32.2. The van der Waals surface area contributed by atoms with Crippen molar-refractivity contribution in [1.82, 2.24) is 20.4 Å². The molecule has 206 valence electrons. The van der Waals surface area contributed by atoms with Crippen LogP contribution in [0.4, 0.5) is 0 Å². The summed E-state index contributed by atoms with van der Waals surface area (Å²) in [6.07, 6.45) is 1.56. The number of β-lactam (4-membered cyclic amide) rings is 1. The van der Waals surface area contributed by atoms with Gasteiger partial charge in [-0.05, 0) is 35.6 Å². The molecule has 1 saturated heterocycles. The van der Waals surface area contributed by atoms with Crippen molar-refractivity contribution in [1.29, 1.82) is 0 Å². The number of nitrogens with zero attached hydrogens (tertiary/aromatic N) is 3. The van der Waals surface area contributed by atoms with Crippen molar-refractivity contribution in [2.75, 3.05) is 11.5 Å². The first-order valence-electron chi connectivity index (χ1n) is 11.9. The van der Waals surface area contributed by atoms with Gasteiger partial charge in [-0.25, -0.2) is 9.59 Å². The molecule has 2 N–H and O–H groups in total. The molecule has 2 aliphatic rings. The average Bonchev–Trinajstić information content (AvgIpc) is 3.64. The molecular formula is C26H22N4O6S4. The van der Waals surface area contributed by atoms with Crippen LogP contribution in [0.5, 0.6) is 0 Å². The lowest BCUT2D eigenvalue weighted by atomic mass is 10.0. The summed E-state index contributed by atoms with van der Waals surface area (Å²) >= 11 is 5.40. The van der Waals surface area contributed by atoms with Crippen LogP contribution in [-0.2, 0) is 23.9 Å². The van der Waals surface area contributed by atoms with Crippen LogP contribution in [0.2, 0.25) is 0 Å². The van der Waals surface area contributed by atoms with E-state index >= 15 is 0 Å². The average molecular weight is 615 g/mol. The summed E-state index contributed by atoms with van der Waals surface area (Å²) in [6.45, 7) is 1.84. The number of hydrogen-bond donors (Lipinski definition) is 2. The van der Waals surface area contributed by atoms with Crippen LogP contribution in [0.3, 0.4) is 0 Å². The van der Waals surface area contributed by atoms with Crippen molar-refractivity contribution >= 4 is 76.0 Å². The van der Waals surface area contributed by atoms with Gasteiger partial charge < -0.3 is 15.2 Å². The molecule has 0 bridgehead atoms. The van der Waals surface area contributed by atoms with Gasteiger partial charge in [-0.1, -0.05) is 59.5 Å². The topological polar surface area (TPSA) is 139 Å². The molecule has 2 unspecified atom stereocenters. The molecule has 3 aromatic rings. The van der Waals surface area contributed by atoms with E-state index in [-0.39, 0.29) is 5.70 Å². The van der Waals surface area contributed by atoms with Crippen molar-refractivity contribution in [3.8, 4) is 0 Å². The van der Waals surface area contributed by atoms with Crippen molar-refractivity contribution in [3.63, 3.8) is 0 Å². The fourth-order valence-corrected chi connectivity index (χ4v) is 8.12. The number of carboxylic acid groups (broad SMARTS) is 1. The van der Waals surface area contributed by atoms with Gasteiger partial charge in [-0.15, -0.1) is 33.3 Å². The van der Waals surface area contributed by atoms with Gasteiger partial charge >= 0.3 is 11.9 Å². The van der Waals surface area contributed by atoms with E-state index in [0.717, 1.165) is 14.9 Å². The molecule has 2 amide bonds. The Bertz CT molecular complexity index is 1490. The fourth-order valence-electron chi connectivity index (χ4n) is 4.07. The Morgan fingerprint density at radius 3 is 2.70 bits per heavy atom. The normalized spacial score (nSPS) is 19.2. The molecule has 0 saturated carbocycles. The summed E-state index contributed by atoms with van der Waals surface area (Å²) in [5.74, 6) is -2.38. The van der Waals surface area contributed by atoms with Gasteiger partial charge in [0.1, 0.15) is 22.1 Å². The van der Waals surface area contributed by atoms with Gasteiger partial charge in [-0.3, -0.25) is 14.5 Å². The number of benzene rings is 1. The molecule has 2 aliphatic heterocycles.